The Hall–Kier alpha value is -5.69. The number of azo groups is 3. The third kappa shape index (κ3) is 9.65. The molecule has 0 amide bonds. The molecular formula is C34H26N8NaO11S3+. The van der Waals surface area contributed by atoms with E-state index in [0.29, 0.717) is 11.4 Å². The Bertz CT molecular complexity index is 2970. The summed E-state index contributed by atoms with van der Waals surface area (Å²) in [5, 5.41) is 44.0. The van der Waals surface area contributed by atoms with E-state index in [1.807, 2.05) is 0 Å². The van der Waals surface area contributed by atoms with Crippen molar-refractivity contribution in [1.29, 1.82) is 0 Å². The molecule has 0 atom stereocenters. The second-order valence-corrected chi connectivity index (χ2v) is 15.9. The fraction of sp³-hybridized carbons (Fsp3) is 0. The van der Waals surface area contributed by atoms with Crippen LogP contribution in [-0.2, 0) is 30.4 Å². The van der Waals surface area contributed by atoms with E-state index in [4.69, 9.17) is 11.5 Å². The zero-order chi connectivity index (χ0) is 40.6. The zero-order valence-corrected chi connectivity index (χ0v) is 33.5. The van der Waals surface area contributed by atoms with E-state index in [0.717, 1.165) is 47.5 Å². The summed E-state index contributed by atoms with van der Waals surface area (Å²) in [6, 6.07) is 23.5. The molecule has 0 saturated heterocycles. The van der Waals surface area contributed by atoms with E-state index in [1.54, 1.807) is 42.5 Å². The number of phenols is 2. The van der Waals surface area contributed by atoms with Crippen molar-refractivity contribution in [2.45, 2.75) is 14.7 Å². The van der Waals surface area contributed by atoms with Gasteiger partial charge < -0.3 is 21.7 Å². The van der Waals surface area contributed by atoms with E-state index in [9.17, 15) is 49.1 Å². The van der Waals surface area contributed by atoms with Crippen LogP contribution in [0.2, 0.25) is 0 Å². The minimum Gasteiger partial charge on any atom is -0.506 e. The predicted molar refractivity (Wildman–Crippen MR) is 203 cm³/mol. The van der Waals surface area contributed by atoms with Crippen molar-refractivity contribution in [3.8, 4) is 22.6 Å². The van der Waals surface area contributed by atoms with Gasteiger partial charge in [0.25, 0.3) is 30.4 Å². The van der Waals surface area contributed by atoms with Gasteiger partial charge in [-0.1, -0.05) is 24.3 Å². The Morgan fingerprint density at radius 3 is 1.39 bits per heavy atom. The number of hydrogen-bond donors (Lipinski definition) is 7. The van der Waals surface area contributed by atoms with Gasteiger partial charge in [-0.3, -0.25) is 13.7 Å². The van der Waals surface area contributed by atoms with E-state index in [-0.39, 0.29) is 57.8 Å². The Morgan fingerprint density at radius 1 is 0.491 bits per heavy atom. The van der Waals surface area contributed by atoms with Crippen LogP contribution in [0.1, 0.15) is 0 Å². The molecule has 23 heteroatoms. The molecule has 6 aromatic carbocycles. The topological polar surface area (TPSA) is 330 Å². The van der Waals surface area contributed by atoms with Crippen LogP contribution < -0.4 is 41.0 Å². The maximum Gasteiger partial charge on any atom is 1.00 e. The molecule has 0 spiro atoms. The van der Waals surface area contributed by atoms with E-state index >= 15 is 0 Å². The van der Waals surface area contributed by atoms with Crippen molar-refractivity contribution < 1.29 is 78.7 Å². The average molecular weight is 842 g/mol. The Labute approximate surface area is 345 Å². The number of phenolic OH excluding ortho intramolecular Hbond substituents is 2. The first-order valence-corrected chi connectivity index (χ1v) is 19.8. The molecule has 0 aliphatic carbocycles. The molecule has 9 N–H and O–H groups in total. The van der Waals surface area contributed by atoms with Gasteiger partial charge in [-0.15, -0.1) is 15.3 Å². The molecule has 0 aliphatic heterocycles. The van der Waals surface area contributed by atoms with Gasteiger partial charge in [0.1, 0.15) is 32.6 Å². The summed E-state index contributed by atoms with van der Waals surface area (Å²) in [5.41, 5.74) is 12.6. The standard InChI is InChI=1S/C34H26N8O11S3.Na/c35-21-5-14-26(27(43)17-21)40-37-22-6-1-18(2-7-22)19-3-8-23(9-4-19)38-41-32-28(55(48,49)50)15-20-16-29(56(51,52)53)33(34(44)30(20)31(32)36)42-39-24-10-12-25(13-11-24)54(45,46)47;/h1-17,43-44H,35-36H2,(H,45,46,47)(H,48,49,50)(H,51,52,53);/q;+1. The van der Waals surface area contributed by atoms with Gasteiger partial charge in [0.05, 0.1) is 33.0 Å². The SMILES string of the molecule is Nc1ccc(N=Nc2ccc(-c3ccc(N=Nc4c(S(=O)(=O)O)cc5cc(S(=O)(=O)O)c(N=Nc6ccc(S(=O)(=O)O)cc6)c(O)c5c4N)cc3)cc2)c(O)c1.[Na+]. The molecule has 286 valence electrons. The fourth-order valence-corrected chi connectivity index (χ4v) is 6.99. The van der Waals surface area contributed by atoms with Crippen molar-refractivity contribution in [3.05, 3.63) is 103 Å². The Balaban J connectivity index is 0.00000620. The monoisotopic (exact) mass is 841 g/mol. The quantitative estimate of drug-likeness (QED) is 0.0410. The van der Waals surface area contributed by atoms with Crippen LogP contribution in [0, 0.1) is 0 Å². The first kappa shape index (κ1) is 42.5. The number of anilines is 2. The molecule has 0 saturated carbocycles. The van der Waals surface area contributed by atoms with Gasteiger partial charge in [0, 0.05) is 11.8 Å². The minimum absolute atomic E-state index is 0. The van der Waals surface area contributed by atoms with Crippen molar-refractivity contribution in [2.24, 2.45) is 30.7 Å². The molecule has 0 aromatic heterocycles. The van der Waals surface area contributed by atoms with Gasteiger partial charge in [-0.25, -0.2) is 0 Å². The second-order valence-electron chi connectivity index (χ2n) is 11.7. The number of nitrogens with zero attached hydrogens (tertiary/aromatic N) is 6. The van der Waals surface area contributed by atoms with E-state index in [1.165, 1.54) is 24.3 Å². The minimum atomic E-state index is -5.18. The number of fused-ring (bicyclic) bond motifs is 1. The largest absolute Gasteiger partial charge is 1.00 e. The summed E-state index contributed by atoms with van der Waals surface area (Å²) in [6.45, 7) is 0. The first-order valence-electron chi connectivity index (χ1n) is 15.5. The summed E-state index contributed by atoms with van der Waals surface area (Å²) < 4.78 is 101. The Kier molecular flexibility index (Phi) is 12.2. The molecule has 6 aromatic rings. The normalized spacial score (nSPS) is 12.5. The van der Waals surface area contributed by atoms with Gasteiger partial charge in [-0.05, 0) is 89.3 Å². The Morgan fingerprint density at radius 2 is 0.930 bits per heavy atom. The molecule has 19 nitrogen and oxygen atoms in total. The third-order valence-electron chi connectivity index (χ3n) is 7.88. The summed E-state index contributed by atoms with van der Waals surface area (Å²) in [5.74, 6) is -1.11. The van der Waals surface area contributed by atoms with E-state index < -0.39 is 73.2 Å². The van der Waals surface area contributed by atoms with Crippen LogP contribution in [0.5, 0.6) is 11.5 Å². The fourth-order valence-electron chi connectivity index (χ4n) is 5.18. The average Bonchev–Trinajstić information content (AvgIpc) is 3.13. The first-order chi connectivity index (χ1) is 26.3. The number of nitrogen functional groups attached to an aromatic ring is 2. The molecule has 0 radical (unpaired) electrons. The third-order valence-corrected chi connectivity index (χ3v) is 10.5. The molecule has 0 unspecified atom stereocenters. The zero-order valence-electron chi connectivity index (χ0n) is 29.1. The second kappa shape index (κ2) is 16.4. The number of hydrogen-bond acceptors (Lipinski definition) is 16. The van der Waals surface area contributed by atoms with Crippen LogP contribution in [-0.4, -0.2) is 49.1 Å². The molecular weight excluding hydrogens is 816 g/mol. The van der Waals surface area contributed by atoms with Crippen LogP contribution in [0.25, 0.3) is 21.9 Å². The van der Waals surface area contributed by atoms with Gasteiger partial charge in [0.2, 0.25) is 0 Å². The van der Waals surface area contributed by atoms with E-state index in [2.05, 4.69) is 30.7 Å². The van der Waals surface area contributed by atoms with Crippen LogP contribution in [0.4, 0.5) is 45.5 Å². The summed E-state index contributed by atoms with van der Waals surface area (Å²) in [7, 11) is -14.8. The molecule has 57 heavy (non-hydrogen) atoms. The number of benzene rings is 6. The van der Waals surface area contributed by atoms with Crippen LogP contribution in [0.3, 0.4) is 0 Å². The maximum absolute atomic E-state index is 12.5. The van der Waals surface area contributed by atoms with Crippen molar-refractivity contribution in [2.75, 3.05) is 11.5 Å². The number of nitrogens with two attached hydrogens (primary N) is 2. The van der Waals surface area contributed by atoms with Crippen molar-refractivity contribution in [3.63, 3.8) is 0 Å². The maximum atomic E-state index is 12.5. The number of rotatable bonds is 10. The molecule has 6 rings (SSSR count). The number of aromatic hydroxyl groups is 2. The van der Waals surface area contributed by atoms with Gasteiger partial charge >= 0.3 is 29.6 Å². The predicted octanol–water partition coefficient (Wildman–Crippen LogP) is 5.07. The molecule has 0 bridgehead atoms. The van der Waals surface area contributed by atoms with Crippen LogP contribution in [0.15, 0.2) is 149 Å². The van der Waals surface area contributed by atoms with Crippen molar-refractivity contribution in [1.82, 2.24) is 0 Å². The molecule has 0 fully saturated rings. The van der Waals surface area contributed by atoms with Crippen LogP contribution >= 0.6 is 0 Å². The summed E-state index contributed by atoms with van der Waals surface area (Å²) in [6.07, 6.45) is 0. The molecule has 0 heterocycles. The van der Waals surface area contributed by atoms with Gasteiger partial charge in [0.15, 0.2) is 5.75 Å². The summed E-state index contributed by atoms with van der Waals surface area (Å²) >= 11 is 0. The van der Waals surface area contributed by atoms with Gasteiger partial charge in [-0.2, -0.15) is 40.6 Å². The summed E-state index contributed by atoms with van der Waals surface area (Å²) in [4.78, 5) is -2.43. The smallest absolute Gasteiger partial charge is 0.506 e. The van der Waals surface area contributed by atoms with Crippen molar-refractivity contribution >= 4 is 86.6 Å². The molecule has 0 aliphatic rings.